The molecule has 0 aromatic heterocycles. The Bertz CT molecular complexity index is 586. The molecular weight excluding hydrogens is 294 g/mol. The molecule has 2 rings (SSSR count). The number of nitrogens with one attached hydrogen (secondary N) is 1. The minimum Gasteiger partial charge on any atom is -0.374 e. The zero-order valence-electron chi connectivity index (χ0n) is 13.5. The van der Waals surface area contributed by atoms with Gasteiger partial charge in [-0.1, -0.05) is 50.8 Å². The maximum absolute atomic E-state index is 12.2. The number of carbonyl (C=O) groups is 2. The van der Waals surface area contributed by atoms with E-state index in [1.165, 1.54) is 4.90 Å². The van der Waals surface area contributed by atoms with Crippen LogP contribution in [0.4, 0.5) is 4.79 Å². The topological polar surface area (TPSA) is 84.7 Å². The standard InChI is InChI=1S/C17H23N3O3/c1-11(2)15(16(18)21)20-12(3)14(19-17(20)22)10-23-9-13-7-5-4-6-8-13/h4-8,11,14-15H,3,9-10H2,1-2H3,(H2,18,21)(H,19,22)/t14-,15+/m0/s1. The van der Waals surface area contributed by atoms with Crippen LogP contribution in [0.2, 0.25) is 0 Å². The number of primary amides is 1. The van der Waals surface area contributed by atoms with Crippen molar-refractivity contribution in [3.63, 3.8) is 0 Å². The van der Waals surface area contributed by atoms with Gasteiger partial charge in [0.15, 0.2) is 0 Å². The molecule has 1 heterocycles. The summed E-state index contributed by atoms with van der Waals surface area (Å²) in [6, 6.07) is 8.34. The van der Waals surface area contributed by atoms with Crippen LogP contribution < -0.4 is 11.1 Å². The van der Waals surface area contributed by atoms with Crippen molar-refractivity contribution in [2.24, 2.45) is 11.7 Å². The summed E-state index contributed by atoms with van der Waals surface area (Å²) < 4.78 is 5.65. The quantitative estimate of drug-likeness (QED) is 0.801. The van der Waals surface area contributed by atoms with Gasteiger partial charge in [0.1, 0.15) is 6.04 Å². The predicted molar refractivity (Wildman–Crippen MR) is 87.2 cm³/mol. The zero-order chi connectivity index (χ0) is 17.0. The largest absolute Gasteiger partial charge is 0.374 e. The van der Waals surface area contributed by atoms with E-state index < -0.39 is 11.9 Å². The van der Waals surface area contributed by atoms with Gasteiger partial charge in [0.25, 0.3) is 0 Å². The van der Waals surface area contributed by atoms with Crippen molar-refractivity contribution in [2.75, 3.05) is 6.61 Å². The number of nitrogens with zero attached hydrogens (tertiary/aromatic N) is 1. The Hall–Kier alpha value is -2.34. The van der Waals surface area contributed by atoms with Gasteiger partial charge in [-0.05, 0) is 11.5 Å². The van der Waals surface area contributed by atoms with E-state index in [1.807, 2.05) is 44.2 Å². The van der Waals surface area contributed by atoms with Crippen molar-refractivity contribution < 1.29 is 14.3 Å². The molecule has 3 amide bonds. The minimum atomic E-state index is -0.707. The van der Waals surface area contributed by atoms with Gasteiger partial charge >= 0.3 is 6.03 Å². The first-order chi connectivity index (χ1) is 10.9. The third-order valence-corrected chi connectivity index (χ3v) is 3.83. The zero-order valence-corrected chi connectivity index (χ0v) is 13.5. The maximum atomic E-state index is 12.2. The van der Waals surface area contributed by atoms with Crippen LogP contribution in [0.3, 0.4) is 0 Å². The van der Waals surface area contributed by atoms with Crippen LogP contribution in [0.5, 0.6) is 0 Å². The number of benzene rings is 1. The number of amides is 3. The van der Waals surface area contributed by atoms with Crippen LogP contribution in [0.1, 0.15) is 19.4 Å². The fraction of sp³-hybridized carbons (Fsp3) is 0.412. The first kappa shape index (κ1) is 17.0. The summed E-state index contributed by atoms with van der Waals surface area (Å²) in [5.74, 6) is -0.638. The predicted octanol–water partition coefficient (Wildman–Crippen LogP) is 1.62. The van der Waals surface area contributed by atoms with E-state index in [1.54, 1.807) is 0 Å². The molecule has 1 aromatic carbocycles. The molecule has 1 aromatic rings. The lowest BCUT2D eigenvalue weighted by Crippen LogP contribution is -2.48. The highest BCUT2D eigenvalue weighted by atomic mass is 16.5. The molecule has 0 saturated carbocycles. The fourth-order valence-corrected chi connectivity index (χ4v) is 2.67. The third-order valence-electron chi connectivity index (χ3n) is 3.83. The van der Waals surface area contributed by atoms with Crippen LogP contribution in [-0.4, -0.2) is 35.5 Å². The van der Waals surface area contributed by atoms with E-state index in [9.17, 15) is 9.59 Å². The van der Waals surface area contributed by atoms with Crippen LogP contribution in [-0.2, 0) is 16.1 Å². The molecule has 2 atom stereocenters. The van der Waals surface area contributed by atoms with Gasteiger partial charge in [-0.15, -0.1) is 0 Å². The summed E-state index contributed by atoms with van der Waals surface area (Å²) in [7, 11) is 0. The molecule has 6 nitrogen and oxygen atoms in total. The van der Waals surface area contributed by atoms with Crippen LogP contribution >= 0.6 is 0 Å². The number of urea groups is 1. The van der Waals surface area contributed by atoms with Crippen molar-refractivity contribution in [1.29, 1.82) is 0 Å². The Labute approximate surface area is 136 Å². The summed E-state index contributed by atoms with van der Waals surface area (Å²) in [5.41, 5.74) is 7.00. The summed E-state index contributed by atoms with van der Waals surface area (Å²) >= 11 is 0. The van der Waals surface area contributed by atoms with Gasteiger partial charge in [-0.3, -0.25) is 9.69 Å². The van der Waals surface area contributed by atoms with Crippen LogP contribution in [0.25, 0.3) is 0 Å². The molecule has 0 radical (unpaired) electrons. The monoisotopic (exact) mass is 317 g/mol. The summed E-state index contributed by atoms with van der Waals surface area (Å²) in [4.78, 5) is 25.2. The molecule has 3 N–H and O–H groups in total. The van der Waals surface area contributed by atoms with Gasteiger partial charge in [0.2, 0.25) is 5.91 Å². The molecule has 1 aliphatic heterocycles. The number of nitrogens with two attached hydrogens (primary N) is 1. The van der Waals surface area contributed by atoms with Gasteiger partial charge in [-0.2, -0.15) is 0 Å². The molecule has 0 bridgehead atoms. The Morgan fingerprint density at radius 1 is 1.39 bits per heavy atom. The van der Waals surface area contributed by atoms with E-state index in [0.717, 1.165) is 5.56 Å². The van der Waals surface area contributed by atoms with E-state index >= 15 is 0 Å². The van der Waals surface area contributed by atoms with Gasteiger partial charge in [0.05, 0.1) is 19.3 Å². The smallest absolute Gasteiger partial charge is 0.323 e. The highest BCUT2D eigenvalue weighted by Gasteiger charge is 2.41. The highest BCUT2D eigenvalue weighted by Crippen LogP contribution is 2.23. The third kappa shape index (κ3) is 3.90. The maximum Gasteiger partial charge on any atom is 0.323 e. The molecular formula is C17H23N3O3. The molecule has 1 fully saturated rings. The molecule has 0 aliphatic carbocycles. The number of carbonyl (C=O) groups excluding carboxylic acids is 2. The first-order valence-electron chi connectivity index (χ1n) is 7.61. The Balaban J connectivity index is 1.96. The van der Waals surface area contributed by atoms with E-state index in [0.29, 0.717) is 18.9 Å². The summed E-state index contributed by atoms with van der Waals surface area (Å²) in [6.45, 7) is 8.36. The van der Waals surface area contributed by atoms with Crippen LogP contribution in [0.15, 0.2) is 42.6 Å². The van der Waals surface area contributed by atoms with Gasteiger partial charge in [0, 0.05) is 5.70 Å². The van der Waals surface area contributed by atoms with Crippen molar-refractivity contribution in [3.05, 3.63) is 48.2 Å². The number of rotatable bonds is 7. The SMILES string of the molecule is C=C1[C@H](COCc2ccccc2)NC(=O)N1[C@@H](C(N)=O)C(C)C. The number of hydrogen-bond donors (Lipinski definition) is 2. The average molecular weight is 317 g/mol. The number of ether oxygens (including phenoxy) is 1. The number of hydrogen-bond acceptors (Lipinski definition) is 3. The van der Waals surface area contributed by atoms with Crippen molar-refractivity contribution in [2.45, 2.75) is 32.5 Å². The average Bonchev–Trinajstić information content (AvgIpc) is 2.76. The second-order valence-electron chi connectivity index (χ2n) is 5.96. The highest BCUT2D eigenvalue weighted by molar-refractivity contribution is 5.89. The van der Waals surface area contributed by atoms with Crippen LogP contribution in [0, 0.1) is 5.92 Å². The molecule has 6 heteroatoms. The molecule has 124 valence electrons. The Morgan fingerprint density at radius 2 is 2.04 bits per heavy atom. The van der Waals surface area contributed by atoms with E-state index in [2.05, 4.69) is 11.9 Å². The van der Waals surface area contributed by atoms with Crippen molar-refractivity contribution >= 4 is 11.9 Å². The lowest BCUT2D eigenvalue weighted by Gasteiger charge is -2.28. The molecule has 23 heavy (non-hydrogen) atoms. The van der Waals surface area contributed by atoms with Crippen molar-refractivity contribution in [3.8, 4) is 0 Å². The summed E-state index contributed by atoms with van der Waals surface area (Å²) in [6.07, 6.45) is 0. The molecule has 0 spiro atoms. The Kier molecular flexibility index (Phi) is 5.39. The van der Waals surface area contributed by atoms with Gasteiger partial charge in [-0.25, -0.2) is 4.79 Å². The second-order valence-corrected chi connectivity index (χ2v) is 5.96. The fourth-order valence-electron chi connectivity index (χ4n) is 2.67. The van der Waals surface area contributed by atoms with Gasteiger partial charge < -0.3 is 15.8 Å². The second kappa shape index (κ2) is 7.28. The minimum absolute atomic E-state index is 0.0982. The normalized spacial score (nSPS) is 19.1. The first-order valence-corrected chi connectivity index (χ1v) is 7.61. The van der Waals surface area contributed by atoms with E-state index in [-0.39, 0.29) is 18.0 Å². The molecule has 0 unspecified atom stereocenters. The lowest BCUT2D eigenvalue weighted by atomic mass is 10.0. The lowest BCUT2D eigenvalue weighted by molar-refractivity contribution is -0.122. The molecule has 1 aliphatic rings. The Morgan fingerprint density at radius 3 is 2.61 bits per heavy atom. The summed E-state index contributed by atoms with van der Waals surface area (Å²) in [5, 5.41) is 2.78. The van der Waals surface area contributed by atoms with E-state index in [4.69, 9.17) is 10.5 Å². The van der Waals surface area contributed by atoms with Crippen molar-refractivity contribution in [1.82, 2.24) is 10.2 Å². The molecule has 1 saturated heterocycles.